The number of rotatable bonds is 4. The van der Waals surface area contributed by atoms with Gasteiger partial charge in [0.15, 0.2) is 17.5 Å². The standard InChI is InChI=1S/C53H30N4O2/c1-2-13-32-28-35(25-24-31(32)12-1)51-54-52(39-19-11-23-46-48(39)37-17-6-9-21-44(37)58-46)56-53(55-51)40-26-27-47-49(38-18-7-10-22-45(38)59-47)50(40)57-42-20-8-5-16-36(42)41-29-33-14-3-4-15-34(33)30-43(41)57/h1-30H. The molecule has 0 aliphatic carbocycles. The van der Waals surface area contributed by atoms with E-state index in [2.05, 4.69) is 144 Å². The summed E-state index contributed by atoms with van der Waals surface area (Å²) in [6, 6.07) is 63.3. The Morgan fingerprint density at radius 1 is 0.339 bits per heavy atom. The molecular formula is C53H30N4O2. The van der Waals surface area contributed by atoms with E-state index in [1.807, 2.05) is 42.5 Å². The lowest BCUT2D eigenvalue weighted by atomic mass is 10.0. The normalized spacial score (nSPS) is 12.1. The van der Waals surface area contributed by atoms with Gasteiger partial charge in [0.05, 0.1) is 22.1 Å². The van der Waals surface area contributed by atoms with Crippen LogP contribution in [0.3, 0.4) is 0 Å². The summed E-state index contributed by atoms with van der Waals surface area (Å²) in [6.45, 7) is 0. The largest absolute Gasteiger partial charge is 0.456 e. The quantitative estimate of drug-likeness (QED) is 0.179. The Labute approximate surface area is 336 Å². The fraction of sp³-hybridized carbons (Fsp3) is 0. The summed E-state index contributed by atoms with van der Waals surface area (Å²) in [7, 11) is 0. The third-order valence-electron chi connectivity index (χ3n) is 11.8. The van der Waals surface area contributed by atoms with Gasteiger partial charge < -0.3 is 13.4 Å². The predicted molar refractivity (Wildman–Crippen MR) is 240 cm³/mol. The molecule has 0 atom stereocenters. The maximum atomic E-state index is 6.61. The first-order chi connectivity index (χ1) is 29.2. The van der Waals surface area contributed by atoms with Gasteiger partial charge in [-0.3, -0.25) is 0 Å². The minimum atomic E-state index is 0.553. The Balaban J connectivity index is 1.18. The van der Waals surface area contributed by atoms with E-state index < -0.39 is 0 Å². The maximum Gasteiger partial charge on any atom is 0.166 e. The van der Waals surface area contributed by atoms with E-state index >= 15 is 0 Å². The number of furan rings is 2. The predicted octanol–water partition coefficient (Wildman–Crippen LogP) is 14.1. The van der Waals surface area contributed by atoms with E-state index in [0.717, 1.165) is 98.8 Å². The molecule has 0 aliphatic rings. The van der Waals surface area contributed by atoms with Gasteiger partial charge in [-0.2, -0.15) is 0 Å². The van der Waals surface area contributed by atoms with Crippen molar-refractivity contribution < 1.29 is 8.83 Å². The fourth-order valence-electron chi connectivity index (χ4n) is 9.14. The van der Waals surface area contributed by atoms with Crippen molar-refractivity contribution in [1.29, 1.82) is 0 Å². The topological polar surface area (TPSA) is 69.9 Å². The Morgan fingerprint density at radius 3 is 1.69 bits per heavy atom. The highest BCUT2D eigenvalue weighted by molar-refractivity contribution is 6.18. The molecule has 13 rings (SSSR count). The van der Waals surface area contributed by atoms with Gasteiger partial charge in [0.25, 0.3) is 0 Å². The molecule has 0 unspecified atom stereocenters. The number of benzene rings is 9. The van der Waals surface area contributed by atoms with Crippen molar-refractivity contribution in [2.45, 2.75) is 0 Å². The summed E-state index contributed by atoms with van der Waals surface area (Å²) in [5.74, 6) is 1.69. The average Bonchev–Trinajstić information content (AvgIpc) is 3.97. The third-order valence-corrected chi connectivity index (χ3v) is 11.8. The Bertz CT molecular complexity index is 3870. The van der Waals surface area contributed by atoms with E-state index in [0.29, 0.717) is 17.5 Å². The molecule has 0 radical (unpaired) electrons. The fourth-order valence-corrected chi connectivity index (χ4v) is 9.14. The molecule has 0 aliphatic heterocycles. The van der Waals surface area contributed by atoms with Crippen LogP contribution in [-0.4, -0.2) is 19.5 Å². The van der Waals surface area contributed by atoms with E-state index in [-0.39, 0.29) is 0 Å². The van der Waals surface area contributed by atoms with Crippen LogP contribution >= 0.6 is 0 Å². The van der Waals surface area contributed by atoms with Gasteiger partial charge in [-0.15, -0.1) is 0 Å². The molecule has 4 heterocycles. The monoisotopic (exact) mass is 754 g/mol. The highest BCUT2D eigenvalue weighted by atomic mass is 16.3. The maximum absolute atomic E-state index is 6.61. The summed E-state index contributed by atoms with van der Waals surface area (Å²) in [4.78, 5) is 16.1. The van der Waals surface area contributed by atoms with Crippen LogP contribution in [0.15, 0.2) is 191 Å². The lowest BCUT2D eigenvalue weighted by Gasteiger charge is -2.16. The highest BCUT2D eigenvalue weighted by Crippen LogP contribution is 2.44. The molecule has 0 saturated heterocycles. The van der Waals surface area contributed by atoms with Crippen molar-refractivity contribution in [3.8, 4) is 39.9 Å². The minimum absolute atomic E-state index is 0.553. The zero-order valence-corrected chi connectivity index (χ0v) is 31.4. The number of aromatic nitrogens is 4. The first-order valence-corrected chi connectivity index (χ1v) is 19.8. The summed E-state index contributed by atoms with van der Waals surface area (Å²) >= 11 is 0. The van der Waals surface area contributed by atoms with Crippen molar-refractivity contribution >= 4 is 87.2 Å². The molecule has 0 bridgehead atoms. The number of fused-ring (bicyclic) bond motifs is 11. The summed E-state index contributed by atoms with van der Waals surface area (Å²) in [6.07, 6.45) is 0. The van der Waals surface area contributed by atoms with Crippen LogP contribution in [0.25, 0.3) is 127 Å². The SMILES string of the molecule is c1ccc2cc(-c3nc(-c4ccc5oc6ccccc6c5c4-n4c5ccccc5c5cc6ccccc6cc54)nc(-c4cccc5oc6ccccc6c45)n3)ccc2c1. The highest BCUT2D eigenvalue weighted by Gasteiger charge is 2.25. The molecule has 0 fully saturated rings. The molecule has 13 aromatic rings. The zero-order valence-electron chi connectivity index (χ0n) is 31.4. The van der Waals surface area contributed by atoms with Gasteiger partial charge in [-0.25, -0.2) is 15.0 Å². The van der Waals surface area contributed by atoms with Crippen molar-refractivity contribution in [1.82, 2.24) is 19.5 Å². The van der Waals surface area contributed by atoms with E-state index in [1.165, 1.54) is 10.8 Å². The number of hydrogen-bond acceptors (Lipinski definition) is 5. The minimum Gasteiger partial charge on any atom is -0.456 e. The molecule has 0 saturated carbocycles. The van der Waals surface area contributed by atoms with Crippen LogP contribution in [0, 0.1) is 0 Å². The molecule has 0 N–H and O–H groups in total. The Hall–Kier alpha value is -8.09. The molecule has 9 aromatic carbocycles. The van der Waals surface area contributed by atoms with Crippen molar-refractivity contribution in [3.05, 3.63) is 182 Å². The molecule has 4 aromatic heterocycles. The summed E-state index contributed by atoms with van der Waals surface area (Å²) < 4.78 is 15.4. The van der Waals surface area contributed by atoms with Crippen molar-refractivity contribution in [3.63, 3.8) is 0 Å². The van der Waals surface area contributed by atoms with Crippen LogP contribution < -0.4 is 0 Å². The molecule has 274 valence electrons. The van der Waals surface area contributed by atoms with Crippen LogP contribution in [0.4, 0.5) is 0 Å². The second-order valence-electron chi connectivity index (χ2n) is 15.1. The van der Waals surface area contributed by atoms with E-state index in [1.54, 1.807) is 0 Å². The number of nitrogens with zero attached hydrogens (tertiary/aromatic N) is 4. The second kappa shape index (κ2) is 12.2. The van der Waals surface area contributed by atoms with Gasteiger partial charge >= 0.3 is 0 Å². The van der Waals surface area contributed by atoms with Gasteiger partial charge in [-0.1, -0.05) is 127 Å². The number of hydrogen-bond donors (Lipinski definition) is 0. The molecule has 6 heteroatoms. The van der Waals surface area contributed by atoms with Crippen molar-refractivity contribution in [2.75, 3.05) is 0 Å². The van der Waals surface area contributed by atoms with E-state index in [4.69, 9.17) is 23.8 Å². The third kappa shape index (κ3) is 4.77. The molecule has 59 heavy (non-hydrogen) atoms. The number of para-hydroxylation sites is 3. The van der Waals surface area contributed by atoms with Crippen LogP contribution in [0.1, 0.15) is 0 Å². The van der Waals surface area contributed by atoms with Gasteiger partial charge in [0.2, 0.25) is 0 Å². The van der Waals surface area contributed by atoms with E-state index in [9.17, 15) is 0 Å². The van der Waals surface area contributed by atoms with Crippen molar-refractivity contribution in [2.24, 2.45) is 0 Å². The average molecular weight is 755 g/mol. The first-order valence-electron chi connectivity index (χ1n) is 19.8. The second-order valence-corrected chi connectivity index (χ2v) is 15.1. The van der Waals surface area contributed by atoms with Crippen LogP contribution in [-0.2, 0) is 0 Å². The Morgan fingerprint density at radius 2 is 0.915 bits per heavy atom. The van der Waals surface area contributed by atoms with Crippen LogP contribution in [0.2, 0.25) is 0 Å². The Kier molecular flexibility index (Phi) is 6.63. The molecule has 6 nitrogen and oxygen atoms in total. The first kappa shape index (κ1) is 32.0. The lowest BCUT2D eigenvalue weighted by molar-refractivity contribution is 0.668. The van der Waals surface area contributed by atoms with Gasteiger partial charge in [-0.05, 0) is 76.1 Å². The summed E-state index contributed by atoms with van der Waals surface area (Å²) in [5.41, 5.74) is 8.94. The van der Waals surface area contributed by atoms with Gasteiger partial charge in [0, 0.05) is 43.6 Å². The smallest absolute Gasteiger partial charge is 0.166 e. The zero-order chi connectivity index (χ0) is 38.6. The molecule has 0 spiro atoms. The molecule has 0 amide bonds. The lowest BCUT2D eigenvalue weighted by Crippen LogP contribution is -2.04. The van der Waals surface area contributed by atoms with Gasteiger partial charge in [0.1, 0.15) is 22.3 Å². The molecular weight excluding hydrogens is 725 g/mol. The summed E-state index contributed by atoms with van der Waals surface area (Å²) in [5, 5.41) is 10.9. The van der Waals surface area contributed by atoms with Crippen LogP contribution in [0.5, 0.6) is 0 Å².